The van der Waals surface area contributed by atoms with Gasteiger partial charge in [0.15, 0.2) is 0 Å². The normalized spacial score (nSPS) is 19.3. The van der Waals surface area contributed by atoms with Crippen LogP contribution in [0.4, 0.5) is 5.69 Å². The van der Waals surface area contributed by atoms with Crippen LogP contribution >= 0.6 is 0 Å². The van der Waals surface area contributed by atoms with Crippen molar-refractivity contribution in [3.63, 3.8) is 0 Å². The molecule has 6 heteroatoms. The van der Waals surface area contributed by atoms with Gasteiger partial charge in [-0.3, -0.25) is 0 Å². The topological polar surface area (TPSA) is 94.5 Å². The summed E-state index contributed by atoms with van der Waals surface area (Å²) in [7, 11) is 0. The number of nitrogens with zero attached hydrogens (tertiary/aromatic N) is 2. The van der Waals surface area contributed by atoms with Crippen molar-refractivity contribution in [3.05, 3.63) is 44.3 Å². The number of aliphatic carboxylic acids is 1. The van der Waals surface area contributed by atoms with Crippen LogP contribution in [0.5, 0.6) is 0 Å². The van der Waals surface area contributed by atoms with Crippen molar-refractivity contribution in [3.8, 4) is 6.07 Å². The summed E-state index contributed by atoms with van der Waals surface area (Å²) in [5.41, 5.74) is 3.52. The quantitative estimate of drug-likeness (QED) is 0.455. The summed E-state index contributed by atoms with van der Waals surface area (Å²) >= 11 is 0. The molecule has 0 atom stereocenters. The number of nitriles is 1. The van der Waals surface area contributed by atoms with Crippen molar-refractivity contribution in [1.29, 1.82) is 5.26 Å². The number of aryl methyl sites for hydroxylation is 1. The Morgan fingerprint density at radius 2 is 1.87 bits per heavy atom. The van der Waals surface area contributed by atoms with Gasteiger partial charge in [-0.2, -0.15) is 5.26 Å². The zero-order valence-corrected chi connectivity index (χ0v) is 18.0. The lowest BCUT2D eigenvalue weighted by Gasteiger charge is -2.48. The van der Waals surface area contributed by atoms with Gasteiger partial charge < -0.3 is 14.4 Å². The number of carboxylic acids is 1. The molecule has 1 aromatic carbocycles. The molecule has 0 bridgehead atoms. The van der Waals surface area contributed by atoms with Gasteiger partial charge in [-0.05, 0) is 53.9 Å². The van der Waals surface area contributed by atoms with E-state index in [1.165, 1.54) is 11.3 Å². The van der Waals surface area contributed by atoms with Crippen LogP contribution in [0.2, 0.25) is 0 Å². The monoisotopic (exact) mass is 406 g/mol. The Hall–Kier alpha value is -3.07. The summed E-state index contributed by atoms with van der Waals surface area (Å²) in [6.45, 7) is 12.6. The number of carbonyl (C=O) groups is 1. The molecule has 30 heavy (non-hydrogen) atoms. The molecule has 3 heterocycles. The molecular weight excluding hydrogens is 380 g/mol. The number of hydrogen-bond acceptors (Lipinski definition) is 5. The Labute approximate surface area is 175 Å². The number of fused-ring (bicyclic) bond motifs is 2. The fraction of sp³-hybridized carbons (Fsp3) is 0.458. The van der Waals surface area contributed by atoms with Gasteiger partial charge in [0, 0.05) is 29.7 Å². The van der Waals surface area contributed by atoms with Crippen molar-refractivity contribution in [1.82, 2.24) is 0 Å². The van der Waals surface area contributed by atoms with Gasteiger partial charge in [0.1, 0.15) is 17.2 Å². The van der Waals surface area contributed by atoms with Crippen LogP contribution in [-0.4, -0.2) is 24.2 Å². The van der Waals surface area contributed by atoms with Gasteiger partial charge in [-0.1, -0.05) is 27.7 Å². The zero-order chi connectivity index (χ0) is 22.0. The van der Waals surface area contributed by atoms with E-state index in [0.717, 1.165) is 43.0 Å². The van der Waals surface area contributed by atoms with E-state index in [-0.39, 0.29) is 16.4 Å². The Kier molecular flexibility index (Phi) is 4.36. The molecular formula is C24H26N2O4. The predicted molar refractivity (Wildman–Crippen MR) is 116 cm³/mol. The molecule has 6 nitrogen and oxygen atoms in total. The van der Waals surface area contributed by atoms with Gasteiger partial charge in [-0.25, -0.2) is 9.59 Å². The van der Waals surface area contributed by atoms with Crippen LogP contribution in [0.25, 0.3) is 17.0 Å². The molecule has 156 valence electrons. The molecule has 0 fully saturated rings. The van der Waals surface area contributed by atoms with Gasteiger partial charge >= 0.3 is 11.6 Å². The summed E-state index contributed by atoms with van der Waals surface area (Å²) < 4.78 is 5.84. The second-order valence-corrected chi connectivity index (χ2v) is 9.68. The Balaban J connectivity index is 2.15. The minimum Gasteiger partial charge on any atom is -0.477 e. The van der Waals surface area contributed by atoms with Crippen molar-refractivity contribution >= 4 is 28.7 Å². The third-order valence-electron chi connectivity index (χ3n) is 6.85. The van der Waals surface area contributed by atoms with E-state index in [1.54, 1.807) is 13.0 Å². The van der Waals surface area contributed by atoms with Crippen molar-refractivity contribution in [2.45, 2.75) is 58.3 Å². The van der Waals surface area contributed by atoms with Gasteiger partial charge in [0.2, 0.25) is 0 Å². The maximum Gasteiger partial charge on any atom is 0.346 e. The van der Waals surface area contributed by atoms with E-state index in [0.29, 0.717) is 11.1 Å². The lowest BCUT2D eigenvalue weighted by atomic mass is 9.69. The molecule has 0 radical (unpaired) electrons. The zero-order valence-electron chi connectivity index (χ0n) is 18.0. The second-order valence-electron chi connectivity index (χ2n) is 9.68. The van der Waals surface area contributed by atoms with E-state index >= 15 is 0 Å². The highest BCUT2D eigenvalue weighted by Gasteiger charge is 2.42. The summed E-state index contributed by atoms with van der Waals surface area (Å²) in [6, 6.07) is 3.74. The van der Waals surface area contributed by atoms with E-state index < -0.39 is 17.2 Å². The van der Waals surface area contributed by atoms with E-state index in [2.05, 4.69) is 38.7 Å². The smallest absolute Gasteiger partial charge is 0.346 e. The van der Waals surface area contributed by atoms with Crippen LogP contribution in [0.3, 0.4) is 0 Å². The maximum absolute atomic E-state index is 12.9. The fourth-order valence-corrected chi connectivity index (χ4v) is 4.84. The van der Waals surface area contributed by atoms with Crippen LogP contribution < -0.4 is 10.5 Å². The summed E-state index contributed by atoms with van der Waals surface area (Å²) in [5.74, 6) is -1.37. The highest BCUT2D eigenvalue weighted by molar-refractivity contribution is 5.98. The van der Waals surface area contributed by atoms with Gasteiger partial charge in [0.05, 0.1) is 5.56 Å². The van der Waals surface area contributed by atoms with Crippen LogP contribution in [0.15, 0.2) is 20.9 Å². The maximum atomic E-state index is 12.9. The molecule has 1 N–H and O–H groups in total. The SMILES string of the molecule is Cc1c(C=C(C#N)C(=O)O)c(=O)oc2c3c4c(cc12)C(C)(C)CCN4CCC3(C)C. The minimum atomic E-state index is -1.37. The molecule has 1 aromatic heterocycles. The standard InChI is InChI=1S/C24H26N2O4/c1-13-15-11-17-19-18(24(4,5)7-9-26(19)8-6-23(17,2)3)20(15)30-22(29)16(13)10-14(12-25)21(27)28/h10-11H,6-9H2,1-5H3,(H,27,28). The van der Waals surface area contributed by atoms with Gasteiger partial charge in [-0.15, -0.1) is 0 Å². The average molecular weight is 406 g/mol. The summed E-state index contributed by atoms with van der Waals surface area (Å²) in [6.07, 6.45) is 3.11. The van der Waals surface area contributed by atoms with Crippen molar-refractivity contribution < 1.29 is 14.3 Å². The third kappa shape index (κ3) is 2.84. The summed E-state index contributed by atoms with van der Waals surface area (Å²) in [5, 5.41) is 19.2. The molecule has 2 aromatic rings. The third-order valence-corrected chi connectivity index (χ3v) is 6.85. The minimum absolute atomic E-state index is 0.0281. The molecule has 0 saturated carbocycles. The Morgan fingerprint density at radius 1 is 1.23 bits per heavy atom. The molecule has 0 unspecified atom stereocenters. The van der Waals surface area contributed by atoms with Crippen LogP contribution in [0.1, 0.15) is 62.8 Å². The highest BCUT2D eigenvalue weighted by Crippen LogP contribution is 2.52. The first kappa shape index (κ1) is 20.2. The van der Waals surface area contributed by atoms with Crippen LogP contribution in [-0.2, 0) is 15.6 Å². The molecule has 4 rings (SSSR count). The number of carboxylic acid groups (broad SMARTS) is 1. The predicted octanol–water partition coefficient (Wildman–Crippen LogP) is 4.26. The second kappa shape index (κ2) is 6.46. The Morgan fingerprint density at radius 3 is 2.47 bits per heavy atom. The van der Waals surface area contributed by atoms with E-state index in [9.17, 15) is 14.7 Å². The first-order valence-corrected chi connectivity index (χ1v) is 10.2. The van der Waals surface area contributed by atoms with Crippen LogP contribution in [0, 0.1) is 18.3 Å². The molecule has 0 amide bonds. The first-order valence-electron chi connectivity index (χ1n) is 10.2. The number of rotatable bonds is 2. The van der Waals surface area contributed by atoms with Crippen molar-refractivity contribution in [2.75, 3.05) is 18.0 Å². The number of hydrogen-bond donors (Lipinski definition) is 1. The lowest BCUT2D eigenvalue weighted by Crippen LogP contribution is -2.44. The fourth-order valence-electron chi connectivity index (χ4n) is 4.84. The van der Waals surface area contributed by atoms with Gasteiger partial charge in [0.25, 0.3) is 0 Å². The molecule has 0 saturated heterocycles. The number of benzene rings is 1. The molecule has 2 aliphatic rings. The molecule has 0 spiro atoms. The van der Waals surface area contributed by atoms with E-state index in [1.807, 2.05) is 0 Å². The molecule has 2 aliphatic heterocycles. The highest BCUT2D eigenvalue weighted by atomic mass is 16.4. The number of anilines is 1. The largest absolute Gasteiger partial charge is 0.477 e. The first-order chi connectivity index (χ1) is 14.0. The lowest BCUT2D eigenvalue weighted by molar-refractivity contribution is -0.132. The summed E-state index contributed by atoms with van der Waals surface area (Å²) in [4.78, 5) is 26.6. The van der Waals surface area contributed by atoms with Crippen molar-refractivity contribution in [2.24, 2.45) is 0 Å². The van der Waals surface area contributed by atoms with E-state index in [4.69, 9.17) is 9.68 Å². The Bertz CT molecular complexity index is 1220. The molecule has 0 aliphatic carbocycles. The average Bonchev–Trinajstić information content (AvgIpc) is 2.65.